The van der Waals surface area contributed by atoms with Crippen molar-refractivity contribution in [2.45, 2.75) is 0 Å². The number of halogens is 2. The van der Waals surface area contributed by atoms with Crippen LogP contribution in [-0.2, 0) is 0 Å². The molecule has 134 valence electrons. The van der Waals surface area contributed by atoms with E-state index >= 15 is 0 Å². The molecule has 7 heteroatoms. The van der Waals surface area contributed by atoms with Crippen LogP contribution in [0.15, 0.2) is 64.0 Å². The molecule has 0 saturated carbocycles. The van der Waals surface area contributed by atoms with Gasteiger partial charge in [-0.3, -0.25) is 4.99 Å². The first-order chi connectivity index (χ1) is 13.0. The van der Waals surface area contributed by atoms with Gasteiger partial charge in [-0.05, 0) is 42.5 Å². The monoisotopic (exact) mass is 398 g/mol. The zero-order valence-corrected chi connectivity index (χ0v) is 15.2. The lowest BCUT2D eigenvalue weighted by molar-refractivity contribution is 0.473. The van der Waals surface area contributed by atoms with E-state index in [1.807, 2.05) is 18.2 Å². The highest BCUT2D eigenvalue weighted by Gasteiger charge is 2.13. The van der Waals surface area contributed by atoms with Crippen LogP contribution >= 0.6 is 23.2 Å². The van der Waals surface area contributed by atoms with Gasteiger partial charge in [-0.15, -0.1) is 0 Å². The molecule has 0 unspecified atom stereocenters. The average Bonchev–Trinajstić information content (AvgIpc) is 3.08. The Labute approximate surface area is 164 Å². The smallest absolute Gasteiger partial charge is 0.231 e. The summed E-state index contributed by atoms with van der Waals surface area (Å²) in [5.74, 6) is 0.205. The number of oxazole rings is 1. The minimum Gasteiger partial charge on any atom is -0.507 e. The van der Waals surface area contributed by atoms with Crippen LogP contribution in [0.5, 0.6) is 11.5 Å². The number of hydrogen-bond acceptors (Lipinski definition) is 5. The Bertz CT molecular complexity index is 1150. The molecule has 4 aromatic rings. The van der Waals surface area contributed by atoms with Crippen LogP contribution < -0.4 is 0 Å². The van der Waals surface area contributed by atoms with E-state index < -0.39 is 0 Å². The summed E-state index contributed by atoms with van der Waals surface area (Å²) in [6.45, 7) is 0. The van der Waals surface area contributed by atoms with Gasteiger partial charge in [0.15, 0.2) is 5.58 Å². The third kappa shape index (κ3) is 3.47. The predicted molar refractivity (Wildman–Crippen MR) is 106 cm³/mol. The molecule has 0 aliphatic carbocycles. The number of nitrogens with zero attached hydrogens (tertiary/aromatic N) is 2. The Morgan fingerprint density at radius 3 is 2.63 bits per heavy atom. The fourth-order valence-electron chi connectivity index (χ4n) is 2.59. The second-order valence-corrected chi connectivity index (χ2v) is 6.62. The molecule has 0 spiro atoms. The van der Waals surface area contributed by atoms with Crippen molar-refractivity contribution in [2.75, 3.05) is 0 Å². The number of rotatable bonds is 3. The first kappa shape index (κ1) is 17.4. The van der Waals surface area contributed by atoms with E-state index in [-0.39, 0.29) is 16.5 Å². The van der Waals surface area contributed by atoms with Crippen molar-refractivity contribution in [3.05, 3.63) is 70.2 Å². The van der Waals surface area contributed by atoms with Gasteiger partial charge in [0.1, 0.15) is 17.0 Å². The number of aromatic nitrogens is 1. The topological polar surface area (TPSA) is 78.9 Å². The molecule has 0 radical (unpaired) electrons. The lowest BCUT2D eigenvalue weighted by Gasteiger charge is -2.04. The molecule has 5 nitrogen and oxygen atoms in total. The molecular formula is C20H12Cl2N2O3. The predicted octanol–water partition coefficient (Wildman–Crippen LogP) is 5.96. The van der Waals surface area contributed by atoms with Gasteiger partial charge in [0.2, 0.25) is 5.89 Å². The average molecular weight is 399 g/mol. The highest BCUT2D eigenvalue weighted by Crippen LogP contribution is 2.35. The van der Waals surface area contributed by atoms with Crippen LogP contribution in [-0.4, -0.2) is 21.4 Å². The summed E-state index contributed by atoms with van der Waals surface area (Å²) in [6, 6.07) is 15.1. The van der Waals surface area contributed by atoms with Gasteiger partial charge >= 0.3 is 0 Å². The molecule has 0 fully saturated rings. The number of aliphatic imine (C=N–C) groups is 1. The summed E-state index contributed by atoms with van der Waals surface area (Å²) >= 11 is 11.9. The Morgan fingerprint density at radius 1 is 1.00 bits per heavy atom. The fraction of sp³-hybridized carbons (Fsp3) is 0. The Hall–Kier alpha value is -3.02. The second kappa shape index (κ2) is 6.95. The molecule has 27 heavy (non-hydrogen) atoms. The van der Waals surface area contributed by atoms with Crippen molar-refractivity contribution in [1.29, 1.82) is 0 Å². The van der Waals surface area contributed by atoms with Crippen molar-refractivity contribution < 1.29 is 14.6 Å². The van der Waals surface area contributed by atoms with E-state index in [0.29, 0.717) is 38.8 Å². The van der Waals surface area contributed by atoms with Gasteiger partial charge < -0.3 is 14.6 Å². The minimum atomic E-state index is -0.109. The maximum atomic E-state index is 10.2. The molecule has 1 heterocycles. The zero-order chi connectivity index (χ0) is 19.0. The van der Waals surface area contributed by atoms with E-state index in [1.54, 1.807) is 24.3 Å². The van der Waals surface area contributed by atoms with Crippen LogP contribution in [0, 0.1) is 0 Å². The number of para-hydroxylation sites is 2. The van der Waals surface area contributed by atoms with Gasteiger partial charge in [0.25, 0.3) is 0 Å². The number of hydrogen-bond donors (Lipinski definition) is 2. The highest BCUT2D eigenvalue weighted by molar-refractivity contribution is 6.36. The molecule has 2 N–H and O–H groups in total. The largest absolute Gasteiger partial charge is 0.507 e. The van der Waals surface area contributed by atoms with Gasteiger partial charge in [-0.25, -0.2) is 4.98 Å². The van der Waals surface area contributed by atoms with E-state index in [2.05, 4.69) is 9.98 Å². The lowest BCUT2D eigenvalue weighted by atomic mass is 10.1. The molecule has 0 aliphatic heterocycles. The maximum absolute atomic E-state index is 10.2. The third-order valence-electron chi connectivity index (χ3n) is 3.91. The number of fused-ring (bicyclic) bond motifs is 1. The first-order valence-electron chi connectivity index (χ1n) is 7.92. The van der Waals surface area contributed by atoms with Crippen LogP contribution in [0.3, 0.4) is 0 Å². The minimum absolute atomic E-state index is 0.0224. The molecule has 4 rings (SSSR count). The number of phenolic OH excluding ortho intramolecular Hbond substituents is 2. The van der Waals surface area contributed by atoms with Gasteiger partial charge in [-0.2, -0.15) is 0 Å². The Balaban J connectivity index is 1.72. The highest BCUT2D eigenvalue weighted by atomic mass is 35.5. The van der Waals surface area contributed by atoms with Crippen molar-refractivity contribution in [3.63, 3.8) is 0 Å². The number of phenols is 2. The van der Waals surface area contributed by atoms with Crippen molar-refractivity contribution in [3.8, 4) is 23.0 Å². The van der Waals surface area contributed by atoms with Crippen LogP contribution in [0.2, 0.25) is 10.0 Å². The Kier molecular flexibility index (Phi) is 4.48. The standard InChI is InChI=1S/C20H12Cl2N2O3/c21-12-7-11(19(26)15(22)8-12)10-23-13-5-6-17(25)14(9-13)20-24-16-3-1-2-4-18(16)27-20/h1-10,25-26H. The van der Waals surface area contributed by atoms with Crippen LogP contribution in [0.4, 0.5) is 5.69 Å². The number of aromatic hydroxyl groups is 2. The molecule has 3 aromatic carbocycles. The molecule has 0 bridgehead atoms. The Morgan fingerprint density at radius 2 is 1.81 bits per heavy atom. The zero-order valence-electron chi connectivity index (χ0n) is 13.7. The lowest BCUT2D eigenvalue weighted by Crippen LogP contribution is -1.84. The van der Waals surface area contributed by atoms with Crippen LogP contribution in [0.1, 0.15) is 5.56 Å². The summed E-state index contributed by atoms with van der Waals surface area (Å²) in [4.78, 5) is 8.70. The molecule has 0 aliphatic rings. The van der Waals surface area contributed by atoms with E-state index in [9.17, 15) is 10.2 Å². The van der Waals surface area contributed by atoms with E-state index in [1.165, 1.54) is 18.3 Å². The SMILES string of the molecule is Oc1ccc(N=Cc2cc(Cl)cc(Cl)c2O)cc1-c1nc2ccccc2o1. The summed E-state index contributed by atoms with van der Waals surface area (Å²) in [6.07, 6.45) is 1.44. The van der Waals surface area contributed by atoms with E-state index in [4.69, 9.17) is 27.6 Å². The second-order valence-electron chi connectivity index (χ2n) is 5.77. The molecule has 0 saturated heterocycles. The summed E-state index contributed by atoms with van der Waals surface area (Å²) in [7, 11) is 0. The van der Waals surface area contributed by atoms with Crippen LogP contribution in [0.25, 0.3) is 22.6 Å². The molecule has 1 aromatic heterocycles. The van der Waals surface area contributed by atoms with Crippen molar-refractivity contribution >= 4 is 46.2 Å². The number of benzene rings is 3. The van der Waals surface area contributed by atoms with Gasteiger partial charge in [0, 0.05) is 16.8 Å². The maximum Gasteiger partial charge on any atom is 0.231 e. The van der Waals surface area contributed by atoms with Gasteiger partial charge in [0.05, 0.1) is 16.3 Å². The van der Waals surface area contributed by atoms with E-state index in [0.717, 1.165) is 0 Å². The summed E-state index contributed by atoms with van der Waals surface area (Å²) in [5, 5.41) is 20.7. The van der Waals surface area contributed by atoms with Crippen molar-refractivity contribution in [1.82, 2.24) is 4.98 Å². The summed E-state index contributed by atoms with van der Waals surface area (Å²) < 4.78 is 5.71. The quantitative estimate of drug-likeness (QED) is 0.417. The summed E-state index contributed by atoms with van der Waals surface area (Å²) in [5.41, 5.74) is 2.64. The molecular weight excluding hydrogens is 387 g/mol. The fourth-order valence-corrected chi connectivity index (χ4v) is 3.10. The normalized spacial score (nSPS) is 11.5. The molecule has 0 atom stereocenters. The third-order valence-corrected chi connectivity index (χ3v) is 4.42. The molecule has 0 amide bonds. The van der Waals surface area contributed by atoms with Crippen molar-refractivity contribution in [2.24, 2.45) is 4.99 Å². The first-order valence-corrected chi connectivity index (χ1v) is 8.68. The van der Waals surface area contributed by atoms with Gasteiger partial charge in [-0.1, -0.05) is 35.3 Å².